The zero-order chi connectivity index (χ0) is 14.3. The Morgan fingerprint density at radius 1 is 0.810 bits per heavy atom. The third-order valence-corrected chi connectivity index (χ3v) is 4.70. The number of aliphatic hydroxyl groups is 1. The van der Waals surface area contributed by atoms with Crippen LogP contribution < -0.4 is 0 Å². The molecule has 1 atom stereocenters. The Bertz CT molecular complexity index is 791. The molecule has 1 heteroatoms. The van der Waals surface area contributed by atoms with E-state index in [9.17, 15) is 5.11 Å². The van der Waals surface area contributed by atoms with Gasteiger partial charge in [0.15, 0.2) is 0 Å². The zero-order valence-electron chi connectivity index (χ0n) is 11.9. The molecular formula is C20H18O. The van der Waals surface area contributed by atoms with Crippen LogP contribution in [0.2, 0.25) is 0 Å². The topological polar surface area (TPSA) is 20.2 Å². The highest BCUT2D eigenvalue weighted by Crippen LogP contribution is 2.42. The van der Waals surface area contributed by atoms with Gasteiger partial charge in [-0.3, -0.25) is 0 Å². The molecule has 0 heterocycles. The molecule has 104 valence electrons. The molecule has 0 bridgehead atoms. The number of hydrogen-bond donors (Lipinski definition) is 1. The zero-order valence-corrected chi connectivity index (χ0v) is 11.9. The van der Waals surface area contributed by atoms with Crippen molar-refractivity contribution in [2.45, 2.75) is 24.9 Å². The first-order valence-corrected chi connectivity index (χ1v) is 7.58. The molecule has 3 aromatic carbocycles. The Morgan fingerprint density at radius 2 is 1.57 bits per heavy atom. The Labute approximate surface area is 124 Å². The maximum atomic E-state index is 11.4. The van der Waals surface area contributed by atoms with E-state index in [4.69, 9.17) is 0 Å². The van der Waals surface area contributed by atoms with E-state index in [1.165, 1.54) is 16.3 Å². The molecule has 0 saturated heterocycles. The Kier molecular flexibility index (Phi) is 2.83. The SMILES string of the molecule is OC1(c2ccccc2)CCCc2c1ccc1ccccc21. The summed E-state index contributed by atoms with van der Waals surface area (Å²) in [5, 5.41) is 13.9. The molecule has 0 saturated carbocycles. The third-order valence-electron chi connectivity index (χ3n) is 4.70. The van der Waals surface area contributed by atoms with Crippen molar-refractivity contribution in [2.24, 2.45) is 0 Å². The van der Waals surface area contributed by atoms with Crippen molar-refractivity contribution in [3.05, 3.63) is 83.4 Å². The summed E-state index contributed by atoms with van der Waals surface area (Å²) in [4.78, 5) is 0. The minimum Gasteiger partial charge on any atom is -0.380 e. The van der Waals surface area contributed by atoms with E-state index >= 15 is 0 Å². The summed E-state index contributed by atoms with van der Waals surface area (Å²) in [5.74, 6) is 0. The van der Waals surface area contributed by atoms with Crippen molar-refractivity contribution >= 4 is 10.8 Å². The van der Waals surface area contributed by atoms with Gasteiger partial charge in [-0.15, -0.1) is 0 Å². The van der Waals surface area contributed by atoms with Gasteiger partial charge in [-0.25, -0.2) is 0 Å². The smallest absolute Gasteiger partial charge is 0.115 e. The molecule has 0 fully saturated rings. The standard InChI is InChI=1S/C20H18O/c21-20(16-8-2-1-3-9-16)14-6-11-18-17-10-5-4-7-15(17)12-13-19(18)20/h1-5,7-10,12-13,21H,6,11,14H2. The third kappa shape index (κ3) is 1.89. The van der Waals surface area contributed by atoms with Gasteiger partial charge in [-0.1, -0.05) is 66.7 Å². The lowest BCUT2D eigenvalue weighted by atomic mass is 9.74. The Hall–Kier alpha value is -2.12. The first kappa shape index (κ1) is 12.6. The predicted octanol–water partition coefficient (Wildman–Crippen LogP) is 4.41. The molecule has 1 N–H and O–H groups in total. The summed E-state index contributed by atoms with van der Waals surface area (Å²) in [6.45, 7) is 0. The minimum absolute atomic E-state index is 0.794. The summed E-state index contributed by atoms with van der Waals surface area (Å²) < 4.78 is 0. The highest BCUT2D eigenvalue weighted by atomic mass is 16.3. The largest absolute Gasteiger partial charge is 0.380 e. The molecule has 0 aliphatic heterocycles. The van der Waals surface area contributed by atoms with Crippen LogP contribution >= 0.6 is 0 Å². The number of benzene rings is 3. The van der Waals surface area contributed by atoms with Crippen molar-refractivity contribution in [1.29, 1.82) is 0 Å². The number of fused-ring (bicyclic) bond motifs is 3. The highest BCUT2D eigenvalue weighted by molar-refractivity contribution is 5.87. The molecule has 3 aromatic rings. The normalized spacial score (nSPS) is 21.2. The fourth-order valence-corrected chi connectivity index (χ4v) is 3.66. The molecule has 1 aliphatic rings. The van der Waals surface area contributed by atoms with Gasteiger partial charge in [0.1, 0.15) is 5.60 Å². The van der Waals surface area contributed by atoms with Crippen LogP contribution in [0.25, 0.3) is 10.8 Å². The molecule has 21 heavy (non-hydrogen) atoms. The lowest BCUT2D eigenvalue weighted by molar-refractivity contribution is 0.0619. The maximum Gasteiger partial charge on any atom is 0.115 e. The van der Waals surface area contributed by atoms with Gasteiger partial charge in [0.2, 0.25) is 0 Å². The minimum atomic E-state index is -0.848. The van der Waals surface area contributed by atoms with Crippen LogP contribution in [0.5, 0.6) is 0 Å². The molecular weight excluding hydrogens is 256 g/mol. The van der Waals surface area contributed by atoms with E-state index in [0.717, 1.165) is 30.4 Å². The second-order valence-corrected chi connectivity index (χ2v) is 5.89. The van der Waals surface area contributed by atoms with Crippen LogP contribution in [0, 0.1) is 0 Å². The van der Waals surface area contributed by atoms with E-state index in [-0.39, 0.29) is 0 Å². The van der Waals surface area contributed by atoms with E-state index in [0.29, 0.717) is 0 Å². The first-order chi connectivity index (χ1) is 10.3. The lowest BCUT2D eigenvalue weighted by Gasteiger charge is -2.35. The molecule has 0 spiro atoms. The van der Waals surface area contributed by atoms with Crippen LogP contribution in [0.3, 0.4) is 0 Å². The summed E-state index contributed by atoms with van der Waals surface area (Å²) in [6, 6.07) is 22.8. The molecule has 1 aliphatic carbocycles. The van der Waals surface area contributed by atoms with Crippen molar-refractivity contribution in [3.8, 4) is 0 Å². The maximum absolute atomic E-state index is 11.4. The quantitative estimate of drug-likeness (QED) is 0.697. The van der Waals surface area contributed by atoms with E-state index in [2.05, 4.69) is 36.4 Å². The van der Waals surface area contributed by atoms with E-state index in [1.807, 2.05) is 30.3 Å². The molecule has 0 radical (unpaired) electrons. The second-order valence-electron chi connectivity index (χ2n) is 5.89. The van der Waals surface area contributed by atoms with Gasteiger partial charge in [-0.05, 0) is 46.7 Å². The Balaban J connectivity index is 1.99. The van der Waals surface area contributed by atoms with Crippen molar-refractivity contribution < 1.29 is 5.11 Å². The van der Waals surface area contributed by atoms with E-state index < -0.39 is 5.60 Å². The first-order valence-electron chi connectivity index (χ1n) is 7.58. The monoisotopic (exact) mass is 274 g/mol. The van der Waals surface area contributed by atoms with Crippen LogP contribution in [0.1, 0.15) is 29.5 Å². The molecule has 1 nitrogen and oxygen atoms in total. The van der Waals surface area contributed by atoms with Crippen LogP contribution in [0.4, 0.5) is 0 Å². The summed E-state index contributed by atoms with van der Waals surface area (Å²) in [7, 11) is 0. The van der Waals surface area contributed by atoms with Gasteiger partial charge < -0.3 is 5.11 Å². The number of rotatable bonds is 1. The molecule has 0 aromatic heterocycles. The highest BCUT2D eigenvalue weighted by Gasteiger charge is 2.36. The van der Waals surface area contributed by atoms with Gasteiger partial charge in [0.05, 0.1) is 0 Å². The van der Waals surface area contributed by atoms with Crippen LogP contribution in [0.15, 0.2) is 66.7 Å². The van der Waals surface area contributed by atoms with Gasteiger partial charge in [0.25, 0.3) is 0 Å². The summed E-state index contributed by atoms with van der Waals surface area (Å²) in [6.07, 6.45) is 2.86. The summed E-state index contributed by atoms with van der Waals surface area (Å²) in [5.41, 5.74) is 2.55. The molecule has 0 amide bonds. The number of aryl methyl sites for hydroxylation is 1. The van der Waals surface area contributed by atoms with Crippen molar-refractivity contribution in [1.82, 2.24) is 0 Å². The molecule has 4 rings (SSSR count). The van der Waals surface area contributed by atoms with Gasteiger partial charge >= 0.3 is 0 Å². The van der Waals surface area contributed by atoms with Gasteiger partial charge in [-0.2, -0.15) is 0 Å². The Morgan fingerprint density at radius 3 is 2.43 bits per heavy atom. The number of hydrogen-bond acceptors (Lipinski definition) is 1. The van der Waals surface area contributed by atoms with Crippen molar-refractivity contribution in [3.63, 3.8) is 0 Å². The summed E-state index contributed by atoms with van der Waals surface area (Å²) >= 11 is 0. The van der Waals surface area contributed by atoms with Crippen LogP contribution in [-0.4, -0.2) is 5.11 Å². The predicted molar refractivity (Wildman–Crippen MR) is 86.3 cm³/mol. The average molecular weight is 274 g/mol. The second kappa shape index (κ2) is 4.71. The fourth-order valence-electron chi connectivity index (χ4n) is 3.66. The van der Waals surface area contributed by atoms with Crippen molar-refractivity contribution in [2.75, 3.05) is 0 Å². The fraction of sp³-hybridized carbons (Fsp3) is 0.200. The van der Waals surface area contributed by atoms with Gasteiger partial charge in [0, 0.05) is 0 Å². The average Bonchev–Trinajstić information content (AvgIpc) is 2.56. The van der Waals surface area contributed by atoms with E-state index in [1.54, 1.807) is 0 Å². The lowest BCUT2D eigenvalue weighted by Crippen LogP contribution is -2.32. The molecule has 1 unspecified atom stereocenters. The van der Waals surface area contributed by atoms with Crippen LogP contribution in [-0.2, 0) is 12.0 Å².